The summed E-state index contributed by atoms with van der Waals surface area (Å²) in [6, 6.07) is 1.47. The Balaban J connectivity index is 2.00. The van der Waals surface area contributed by atoms with Gasteiger partial charge in [-0.05, 0) is 12.2 Å². The van der Waals surface area contributed by atoms with E-state index in [9.17, 15) is 5.21 Å². The van der Waals surface area contributed by atoms with Gasteiger partial charge >= 0.3 is 0 Å². The lowest BCUT2D eigenvalue weighted by molar-refractivity contribution is 0.185. The molecule has 1 aliphatic rings. The Hall–Kier alpha value is -2.11. The van der Waals surface area contributed by atoms with E-state index in [1.54, 1.807) is 18.2 Å². The van der Waals surface area contributed by atoms with Crippen LogP contribution >= 0.6 is 0 Å². The predicted octanol–water partition coefficient (Wildman–Crippen LogP) is 1.74. The molecule has 0 unspecified atom stereocenters. The van der Waals surface area contributed by atoms with E-state index in [0.717, 1.165) is 0 Å². The Labute approximate surface area is 79.8 Å². The summed E-state index contributed by atoms with van der Waals surface area (Å²) >= 11 is 0. The van der Waals surface area contributed by atoms with Gasteiger partial charge in [0.15, 0.2) is 5.82 Å². The average molecular weight is 191 g/mol. The van der Waals surface area contributed by atoms with E-state index in [1.165, 1.54) is 18.5 Å². The maximum absolute atomic E-state index is 10.6. The number of hydrogen-bond acceptors (Lipinski definition) is 5. The fourth-order valence-corrected chi connectivity index (χ4v) is 0.909. The SMILES string of the molecule is [O-]n1ccc(N=N[C@@H]2C=CC=CO2)n1. The number of aromatic nitrogens is 2. The smallest absolute Gasteiger partial charge is 0.227 e. The van der Waals surface area contributed by atoms with E-state index in [1.807, 2.05) is 0 Å². The molecular formula is C8H7N4O2-. The number of azo groups is 1. The lowest BCUT2D eigenvalue weighted by atomic mass is 10.4. The lowest BCUT2D eigenvalue weighted by Crippen LogP contribution is -2.02. The monoisotopic (exact) mass is 191 g/mol. The van der Waals surface area contributed by atoms with Crippen LogP contribution in [0.4, 0.5) is 5.82 Å². The summed E-state index contributed by atoms with van der Waals surface area (Å²) in [5.74, 6) is 0.270. The molecule has 2 heterocycles. The van der Waals surface area contributed by atoms with Crippen molar-refractivity contribution in [1.82, 2.24) is 9.94 Å². The third-order valence-electron chi connectivity index (χ3n) is 1.51. The summed E-state index contributed by atoms with van der Waals surface area (Å²) < 4.78 is 5.07. The molecule has 0 saturated heterocycles. The van der Waals surface area contributed by atoms with E-state index < -0.39 is 6.23 Å². The second-order valence-electron chi connectivity index (χ2n) is 2.53. The fourth-order valence-electron chi connectivity index (χ4n) is 0.909. The first-order chi connectivity index (χ1) is 6.84. The normalized spacial score (nSPS) is 20.1. The summed E-state index contributed by atoms with van der Waals surface area (Å²) in [7, 11) is 0. The zero-order valence-electron chi connectivity index (χ0n) is 7.15. The van der Waals surface area contributed by atoms with Gasteiger partial charge in [0.25, 0.3) is 0 Å². The maximum atomic E-state index is 10.6. The molecule has 0 aromatic carbocycles. The molecule has 0 amide bonds. The van der Waals surface area contributed by atoms with Crippen LogP contribution in [0, 0.1) is 5.21 Å². The van der Waals surface area contributed by atoms with E-state index in [-0.39, 0.29) is 5.82 Å². The van der Waals surface area contributed by atoms with Gasteiger partial charge in [0.05, 0.1) is 6.26 Å². The van der Waals surface area contributed by atoms with E-state index >= 15 is 0 Å². The van der Waals surface area contributed by atoms with Crippen LogP contribution in [0.5, 0.6) is 0 Å². The number of ether oxygens (including phenoxy) is 1. The second kappa shape index (κ2) is 3.73. The van der Waals surface area contributed by atoms with Crippen LogP contribution in [0.2, 0.25) is 0 Å². The molecule has 72 valence electrons. The minimum absolute atomic E-state index is 0.270. The molecule has 0 fully saturated rings. The number of nitrogens with zero attached hydrogens (tertiary/aromatic N) is 4. The molecule has 1 aromatic heterocycles. The molecule has 1 atom stereocenters. The summed E-state index contributed by atoms with van der Waals surface area (Å²) in [5, 5.41) is 21.6. The molecule has 1 aliphatic heterocycles. The molecule has 2 rings (SSSR count). The molecule has 0 radical (unpaired) electrons. The highest BCUT2D eigenvalue weighted by molar-refractivity contribution is 5.22. The van der Waals surface area contributed by atoms with Crippen LogP contribution in [0.25, 0.3) is 0 Å². The first kappa shape index (κ1) is 8.49. The van der Waals surface area contributed by atoms with Gasteiger partial charge in [0.1, 0.15) is 0 Å². The molecule has 6 heteroatoms. The van der Waals surface area contributed by atoms with Gasteiger partial charge < -0.3 is 9.94 Å². The molecule has 0 bridgehead atoms. The van der Waals surface area contributed by atoms with Crippen molar-refractivity contribution in [2.24, 2.45) is 10.2 Å². The Morgan fingerprint density at radius 3 is 3.07 bits per heavy atom. The second-order valence-corrected chi connectivity index (χ2v) is 2.53. The lowest BCUT2D eigenvalue weighted by Gasteiger charge is -2.07. The van der Waals surface area contributed by atoms with Crippen molar-refractivity contribution in [2.75, 3.05) is 0 Å². The topological polar surface area (TPSA) is 74.8 Å². The standard InChI is InChI=1S/C8H7N4O2/c13-12-5-4-7(11-12)9-10-8-3-1-2-6-14-8/h1-6,8H/q-1/t8-/m0/s1. The van der Waals surface area contributed by atoms with Gasteiger partial charge in [-0.1, -0.05) is 6.08 Å². The predicted molar refractivity (Wildman–Crippen MR) is 48.7 cm³/mol. The van der Waals surface area contributed by atoms with Gasteiger partial charge in [0.2, 0.25) is 6.23 Å². The van der Waals surface area contributed by atoms with Crippen LogP contribution in [-0.4, -0.2) is 16.2 Å². The van der Waals surface area contributed by atoms with Crippen LogP contribution in [0.15, 0.2) is 47.0 Å². The summed E-state index contributed by atoms with van der Waals surface area (Å²) in [6.45, 7) is 0. The molecule has 0 aliphatic carbocycles. The van der Waals surface area contributed by atoms with Gasteiger partial charge in [0, 0.05) is 12.3 Å². The summed E-state index contributed by atoms with van der Waals surface area (Å²) in [4.78, 5) is 0.422. The van der Waals surface area contributed by atoms with Crippen molar-refractivity contribution >= 4 is 5.82 Å². The average Bonchev–Trinajstić information content (AvgIpc) is 2.63. The van der Waals surface area contributed by atoms with Crippen molar-refractivity contribution in [2.45, 2.75) is 6.23 Å². The van der Waals surface area contributed by atoms with Crippen LogP contribution < -0.4 is 0 Å². The molecular weight excluding hydrogens is 184 g/mol. The Kier molecular flexibility index (Phi) is 2.26. The minimum atomic E-state index is -0.434. The largest absolute Gasteiger partial charge is 0.790 e. The third-order valence-corrected chi connectivity index (χ3v) is 1.51. The molecule has 0 spiro atoms. The van der Waals surface area contributed by atoms with Crippen molar-refractivity contribution in [1.29, 1.82) is 0 Å². The van der Waals surface area contributed by atoms with E-state index in [4.69, 9.17) is 4.74 Å². The van der Waals surface area contributed by atoms with Crippen LogP contribution in [0.3, 0.4) is 0 Å². The van der Waals surface area contributed by atoms with Crippen molar-refractivity contribution < 1.29 is 4.74 Å². The van der Waals surface area contributed by atoms with Gasteiger partial charge in [-0.15, -0.1) is 10.2 Å². The Morgan fingerprint density at radius 2 is 2.43 bits per heavy atom. The highest BCUT2D eigenvalue weighted by Gasteiger charge is 2.02. The number of allylic oxidation sites excluding steroid dienone is 2. The third kappa shape index (κ3) is 1.98. The Morgan fingerprint density at radius 1 is 1.50 bits per heavy atom. The molecule has 0 saturated carbocycles. The van der Waals surface area contributed by atoms with Gasteiger partial charge in [-0.2, -0.15) is 5.10 Å². The van der Waals surface area contributed by atoms with Crippen LogP contribution in [-0.2, 0) is 4.74 Å². The summed E-state index contributed by atoms with van der Waals surface area (Å²) in [5.41, 5.74) is 0. The van der Waals surface area contributed by atoms with Gasteiger partial charge in [-0.25, -0.2) is 0 Å². The molecule has 6 nitrogen and oxygen atoms in total. The van der Waals surface area contributed by atoms with E-state index in [2.05, 4.69) is 15.3 Å². The quantitative estimate of drug-likeness (QED) is 0.668. The highest BCUT2D eigenvalue weighted by Crippen LogP contribution is 2.10. The minimum Gasteiger partial charge on any atom is -0.790 e. The van der Waals surface area contributed by atoms with Crippen molar-refractivity contribution in [3.8, 4) is 0 Å². The Bertz CT molecular complexity index is 394. The van der Waals surface area contributed by atoms with Crippen molar-refractivity contribution in [3.63, 3.8) is 0 Å². The molecule has 0 N–H and O–H groups in total. The molecule has 1 aromatic rings. The van der Waals surface area contributed by atoms with Gasteiger partial charge in [-0.3, -0.25) is 4.85 Å². The fraction of sp³-hybridized carbons (Fsp3) is 0.125. The van der Waals surface area contributed by atoms with Crippen LogP contribution in [0.1, 0.15) is 0 Å². The zero-order chi connectivity index (χ0) is 9.80. The highest BCUT2D eigenvalue weighted by atomic mass is 16.5. The summed E-state index contributed by atoms with van der Waals surface area (Å²) in [6.07, 6.45) is 7.63. The number of hydrogen-bond donors (Lipinski definition) is 0. The number of rotatable bonds is 2. The van der Waals surface area contributed by atoms with E-state index in [0.29, 0.717) is 4.85 Å². The molecule has 14 heavy (non-hydrogen) atoms. The maximum Gasteiger partial charge on any atom is 0.227 e. The van der Waals surface area contributed by atoms with Crippen molar-refractivity contribution in [3.05, 3.63) is 42.0 Å². The first-order valence-corrected chi connectivity index (χ1v) is 3.97. The zero-order valence-corrected chi connectivity index (χ0v) is 7.15. The first-order valence-electron chi connectivity index (χ1n) is 3.97.